The predicted octanol–water partition coefficient (Wildman–Crippen LogP) is 1.65. The fourth-order valence-corrected chi connectivity index (χ4v) is 1.40. The Morgan fingerprint density at radius 1 is 1.31 bits per heavy atom. The summed E-state index contributed by atoms with van der Waals surface area (Å²) in [6.45, 7) is 3.25. The van der Waals surface area contributed by atoms with Crippen molar-refractivity contribution < 1.29 is 0 Å². The van der Waals surface area contributed by atoms with Gasteiger partial charge in [0.1, 0.15) is 0 Å². The largest absolute Gasteiger partial charge is 0.337 e. The molecule has 0 aliphatic carbocycles. The third-order valence-electron chi connectivity index (χ3n) is 1.82. The number of hydrogen-bond acceptors (Lipinski definition) is 2. The topological polar surface area (TPSA) is 29.9 Å². The molecule has 0 saturated carbocycles. The molecule has 0 fully saturated rings. The van der Waals surface area contributed by atoms with E-state index in [0.29, 0.717) is 0 Å². The van der Waals surface area contributed by atoms with Crippen LogP contribution in [-0.2, 0) is 6.54 Å². The molecule has 0 aliphatic heterocycles. The molecule has 1 heterocycles. The highest BCUT2D eigenvalue weighted by atomic mass is 79.9. The molecule has 0 saturated heterocycles. The van der Waals surface area contributed by atoms with Crippen LogP contribution in [0.5, 0.6) is 0 Å². The van der Waals surface area contributed by atoms with Gasteiger partial charge in [-0.05, 0) is 25.9 Å². The second kappa shape index (κ2) is 7.09. The fourth-order valence-electron chi connectivity index (χ4n) is 1.12. The van der Waals surface area contributed by atoms with Crippen molar-refractivity contribution in [2.45, 2.75) is 19.4 Å². The standard InChI is InChI=1S/C9H16BrN3/c10-3-1-4-11-5-2-7-13-8-6-12-9-13/h6,8-9,11H,1-5,7H2. The van der Waals surface area contributed by atoms with E-state index in [4.69, 9.17) is 0 Å². The molecule has 4 heteroatoms. The smallest absolute Gasteiger partial charge is 0.0945 e. The maximum atomic E-state index is 3.99. The zero-order chi connectivity index (χ0) is 9.36. The Balaban J connectivity index is 1.90. The summed E-state index contributed by atoms with van der Waals surface area (Å²) in [6.07, 6.45) is 8.04. The van der Waals surface area contributed by atoms with Gasteiger partial charge in [-0.15, -0.1) is 0 Å². The highest BCUT2D eigenvalue weighted by Crippen LogP contribution is 1.89. The van der Waals surface area contributed by atoms with Crippen LogP contribution in [0.15, 0.2) is 18.7 Å². The van der Waals surface area contributed by atoms with Crippen molar-refractivity contribution in [3.63, 3.8) is 0 Å². The lowest BCUT2D eigenvalue weighted by Crippen LogP contribution is -2.18. The molecule has 0 amide bonds. The summed E-state index contributed by atoms with van der Waals surface area (Å²) in [7, 11) is 0. The summed E-state index contributed by atoms with van der Waals surface area (Å²) in [6, 6.07) is 0. The minimum absolute atomic E-state index is 1.06. The van der Waals surface area contributed by atoms with Gasteiger partial charge in [0.15, 0.2) is 0 Å². The summed E-state index contributed by atoms with van der Waals surface area (Å²) < 4.78 is 2.10. The van der Waals surface area contributed by atoms with Crippen molar-refractivity contribution in [1.82, 2.24) is 14.9 Å². The van der Waals surface area contributed by atoms with Gasteiger partial charge in [0.25, 0.3) is 0 Å². The zero-order valence-electron chi connectivity index (χ0n) is 7.75. The first-order valence-corrected chi connectivity index (χ1v) is 5.78. The molecule has 3 nitrogen and oxygen atoms in total. The monoisotopic (exact) mass is 245 g/mol. The Morgan fingerprint density at radius 3 is 2.85 bits per heavy atom. The van der Waals surface area contributed by atoms with Gasteiger partial charge in [-0.1, -0.05) is 15.9 Å². The maximum absolute atomic E-state index is 3.99. The average Bonchev–Trinajstić information content (AvgIpc) is 2.63. The SMILES string of the molecule is BrCCCNCCCn1ccnc1. The molecular weight excluding hydrogens is 230 g/mol. The summed E-state index contributed by atoms with van der Waals surface area (Å²) >= 11 is 3.40. The molecule has 1 rings (SSSR count). The lowest BCUT2D eigenvalue weighted by Gasteiger charge is -2.03. The quantitative estimate of drug-likeness (QED) is 0.585. The van der Waals surface area contributed by atoms with Crippen LogP contribution in [0.25, 0.3) is 0 Å². The molecule has 1 N–H and O–H groups in total. The first-order chi connectivity index (χ1) is 6.43. The number of imidazole rings is 1. The Bertz CT molecular complexity index is 199. The predicted molar refractivity (Wildman–Crippen MR) is 58.1 cm³/mol. The first kappa shape index (κ1) is 10.7. The van der Waals surface area contributed by atoms with Gasteiger partial charge in [-0.25, -0.2) is 4.98 Å². The van der Waals surface area contributed by atoms with Crippen LogP contribution >= 0.6 is 15.9 Å². The van der Waals surface area contributed by atoms with Gasteiger partial charge in [0.2, 0.25) is 0 Å². The molecule has 0 bridgehead atoms. The van der Waals surface area contributed by atoms with Crippen molar-refractivity contribution >= 4 is 15.9 Å². The number of nitrogens with one attached hydrogen (secondary N) is 1. The minimum Gasteiger partial charge on any atom is -0.337 e. The van der Waals surface area contributed by atoms with Gasteiger partial charge in [-0.3, -0.25) is 0 Å². The minimum atomic E-state index is 1.06. The Labute approximate surface area is 87.7 Å². The van der Waals surface area contributed by atoms with Gasteiger partial charge in [-0.2, -0.15) is 0 Å². The van der Waals surface area contributed by atoms with Crippen LogP contribution in [-0.4, -0.2) is 28.0 Å². The second-order valence-electron chi connectivity index (χ2n) is 2.95. The van der Waals surface area contributed by atoms with Crippen molar-refractivity contribution in [3.05, 3.63) is 18.7 Å². The third kappa shape index (κ3) is 5.05. The maximum Gasteiger partial charge on any atom is 0.0945 e. The molecule has 0 aliphatic rings. The van der Waals surface area contributed by atoms with Crippen LogP contribution in [0.2, 0.25) is 0 Å². The molecule has 1 aromatic rings. The molecule has 1 aromatic heterocycles. The molecular formula is C9H16BrN3. The van der Waals surface area contributed by atoms with Crippen molar-refractivity contribution in [1.29, 1.82) is 0 Å². The van der Waals surface area contributed by atoms with E-state index in [1.54, 1.807) is 0 Å². The van der Waals surface area contributed by atoms with E-state index in [0.717, 1.165) is 25.0 Å². The second-order valence-corrected chi connectivity index (χ2v) is 3.74. The molecule has 0 atom stereocenters. The highest BCUT2D eigenvalue weighted by Gasteiger charge is 1.90. The summed E-state index contributed by atoms with van der Waals surface area (Å²) in [5.41, 5.74) is 0. The summed E-state index contributed by atoms with van der Waals surface area (Å²) in [5, 5.41) is 4.47. The Kier molecular flexibility index (Phi) is 5.85. The number of halogens is 1. The van der Waals surface area contributed by atoms with Crippen LogP contribution in [0.1, 0.15) is 12.8 Å². The molecule has 0 aromatic carbocycles. The molecule has 0 spiro atoms. The van der Waals surface area contributed by atoms with E-state index in [1.807, 2.05) is 18.7 Å². The van der Waals surface area contributed by atoms with Crippen molar-refractivity contribution in [3.8, 4) is 0 Å². The van der Waals surface area contributed by atoms with E-state index in [1.165, 1.54) is 12.8 Å². The van der Waals surface area contributed by atoms with Crippen LogP contribution in [0.3, 0.4) is 0 Å². The van der Waals surface area contributed by atoms with Gasteiger partial charge in [0, 0.05) is 24.3 Å². The van der Waals surface area contributed by atoms with Crippen LogP contribution in [0.4, 0.5) is 0 Å². The van der Waals surface area contributed by atoms with Crippen molar-refractivity contribution in [2.75, 3.05) is 18.4 Å². The van der Waals surface area contributed by atoms with E-state index >= 15 is 0 Å². The number of rotatable bonds is 7. The summed E-state index contributed by atoms with van der Waals surface area (Å²) in [5.74, 6) is 0. The van der Waals surface area contributed by atoms with E-state index in [2.05, 4.69) is 30.8 Å². The van der Waals surface area contributed by atoms with E-state index in [9.17, 15) is 0 Å². The number of alkyl halides is 1. The fraction of sp³-hybridized carbons (Fsp3) is 0.667. The Morgan fingerprint density at radius 2 is 2.15 bits per heavy atom. The van der Waals surface area contributed by atoms with Crippen LogP contribution < -0.4 is 5.32 Å². The number of aromatic nitrogens is 2. The number of nitrogens with zero attached hydrogens (tertiary/aromatic N) is 2. The first-order valence-electron chi connectivity index (χ1n) is 4.66. The van der Waals surface area contributed by atoms with Crippen molar-refractivity contribution in [2.24, 2.45) is 0 Å². The number of aryl methyl sites for hydroxylation is 1. The zero-order valence-corrected chi connectivity index (χ0v) is 9.33. The molecule has 74 valence electrons. The molecule has 0 radical (unpaired) electrons. The lowest BCUT2D eigenvalue weighted by molar-refractivity contribution is 0.580. The normalized spacial score (nSPS) is 10.5. The van der Waals surface area contributed by atoms with Gasteiger partial charge < -0.3 is 9.88 Å². The Hall–Kier alpha value is -0.350. The lowest BCUT2D eigenvalue weighted by atomic mass is 10.4. The average molecular weight is 246 g/mol. The van der Waals surface area contributed by atoms with E-state index in [-0.39, 0.29) is 0 Å². The van der Waals surface area contributed by atoms with E-state index < -0.39 is 0 Å². The highest BCUT2D eigenvalue weighted by molar-refractivity contribution is 9.09. The van der Waals surface area contributed by atoms with Gasteiger partial charge >= 0.3 is 0 Å². The van der Waals surface area contributed by atoms with Gasteiger partial charge in [0.05, 0.1) is 6.33 Å². The third-order valence-corrected chi connectivity index (χ3v) is 2.38. The molecule has 0 unspecified atom stereocenters. The van der Waals surface area contributed by atoms with Crippen LogP contribution in [0, 0.1) is 0 Å². The molecule has 13 heavy (non-hydrogen) atoms. The summed E-state index contributed by atoms with van der Waals surface area (Å²) in [4.78, 5) is 3.99. The number of hydrogen-bond donors (Lipinski definition) is 1.